The zero-order valence-corrected chi connectivity index (χ0v) is 8.43. The molecular formula is C10H20O2. The minimum absolute atomic E-state index is 0.0313. The Morgan fingerprint density at radius 1 is 1.25 bits per heavy atom. The Labute approximate surface area is 75.2 Å². The molecule has 0 heterocycles. The number of methoxy groups -OCH3 is 2. The van der Waals surface area contributed by atoms with Gasteiger partial charge >= 0.3 is 0 Å². The summed E-state index contributed by atoms with van der Waals surface area (Å²) < 4.78 is 11.1. The van der Waals surface area contributed by atoms with Crippen LogP contribution in [0.1, 0.15) is 39.0 Å². The fourth-order valence-electron chi connectivity index (χ4n) is 2.38. The molecule has 1 atom stereocenters. The zero-order chi connectivity index (χ0) is 9.03. The fraction of sp³-hybridized carbons (Fsp3) is 1.00. The van der Waals surface area contributed by atoms with Crippen molar-refractivity contribution in [3.63, 3.8) is 0 Å². The van der Waals surface area contributed by atoms with E-state index >= 15 is 0 Å². The van der Waals surface area contributed by atoms with Gasteiger partial charge in [-0.1, -0.05) is 19.8 Å². The van der Waals surface area contributed by atoms with Gasteiger partial charge in [0.05, 0.1) is 11.7 Å². The van der Waals surface area contributed by atoms with Crippen LogP contribution in [-0.4, -0.2) is 25.9 Å². The molecule has 0 N–H and O–H groups in total. The lowest BCUT2D eigenvalue weighted by Gasteiger charge is -2.34. The monoisotopic (exact) mass is 172 g/mol. The minimum atomic E-state index is 0.0313. The van der Waals surface area contributed by atoms with E-state index in [1.165, 1.54) is 12.8 Å². The van der Waals surface area contributed by atoms with Crippen LogP contribution in [0.3, 0.4) is 0 Å². The average Bonchev–Trinajstić information content (AvgIpc) is 2.56. The van der Waals surface area contributed by atoms with E-state index in [2.05, 4.69) is 6.92 Å². The quantitative estimate of drug-likeness (QED) is 0.648. The summed E-state index contributed by atoms with van der Waals surface area (Å²) in [5.41, 5.74) is 0.0313. The van der Waals surface area contributed by atoms with E-state index in [9.17, 15) is 0 Å². The van der Waals surface area contributed by atoms with Crippen LogP contribution in [0.25, 0.3) is 0 Å². The summed E-state index contributed by atoms with van der Waals surface area (Å²) in [5, 5.41) is 0. The topological polar surface area (TPSA) is 18.5 Å². The number of hydrogen-bond donors (Lipinski definition) is 0. The first-order chi connectivity index (χ1) is 5.79. The lowest BCUT2D eigenvalue weighted by Crippen LogP contribution is -2.42. The van der Waals surface area contributed by atoms with Crippen molar-refractivity contribution >= 4 is 0 Å². The van der Waals surface area contributed by atoms with Crippen LogP contribution in [0.2, 0.25) is 0 Å². The van der Waals surface area contributed by atoms with Gasteiger partial charge < -0.3 is 9.47 Å². The van der Waals surface area contributed by atoms with Crippen molar-refractivity contribution < 1.29 is 9.47 Å². The Morgan fingerprint density at radius 2 is 1.83 bits per heavy atom. The molecule has 1 aliphatic carbocycles. The van der Waals surface area contributed by atoms with Gasteiger partial charge in [-0.2, -0.15) is 0 Å². The first-order valence-corrected chi connectivity index (χ1v) is 4.87. The van der Waals surface area contributed by atoms with Crippen molar-refractivity contribution in [3.8, 4) is 0 Å². The molecule has 1 unspecified atom stereocenters. The van der Waals surface area contributed by atoms with Crippen LogP contribution in [0.5, 0.6) is 0 Å². The van der Waals surface area contributed by atoms with Crippen LogP contribution in [-0.2, 0) is 9.47 Å². The average molecular weight is 172 g/mol. The molecule has 0 amide bonds. The van der Waals surface area contributed by atoms with E-state index < -0.39 is 0 Å². The maximum absolute atomic E-state index is 5.62. The predicted octanol–water partition coefficient (Wildman–Crippen LogP) is 2.37. The number of rotatable bonds is 4. The summed E-state index contributed by atoms with van der Waals surface area (Å²) in [6, 6.07) is 0. The Bertz CT molecular complexity index is 124. The Morgan fingerprint density at radius 3 is 2.17 bits per heavy atom. The number of ether oxygens (including phenoxy) is 2. The van der Waals surface area contributed by atoms with Crippen molar-refractivity contribution in [1.29, 1.82) is 0 Å². The van der Waals surface area contributed by atoms with Crippen LogP contribution in [0.15, 0.2) is 0 Å². The zero-order valence-electron chi connectivity index (χ0n) is 8.43. The smallest absolute Gasteiger partial charge is 0.0938 e. The summed E-state index contributed by atoms with van der Waals surface area (Å²) in [6.45, 7) is 2.16. The Kier molecular flexibility index (Phi) is 3.53. The molecule has 0 aliphatic heterocycles. The third-order valence-electron chi connectivity index (χ3n) is 3.10. The maximum Gasteiger partial charge on any atom is 0.0938 e. The van der Waals surface area contributed by atoms with Crippen molar-refractivity contribution in [2.45, 2.75) is 50.7 Å². The highest BCUT2D eigenvalue weighted by Crippen LogP contribution is 2.37. The highest BCUT2D eigenvalue weighted by Gasteiger charge is 2.40. The first-order valence-electron chi connectivity index (χ1n) is 4.87. The molecule has 0 aromatic heterocycles. The van der Waals surface area contributed by atoms with Crippen LogP contribution in [0, 0.1) is 0 Å². The molecule has 0 aromatic carbocycles. The van der Waals surface area contributed by atoms with Crippen molar-refractivity contribution in [2.75, 3.05) is 14.2 Å². The van der Waals surface area contributed by atoms with Gasteiger partial charge in [0, 0.05) is 14.2 Å². The lowest BCUT2D eigenvalue weighted by atomic mass is 9.92. The summed E-state index contributed by atoms with van der Waals surface area (Å²) in [4.78, 5) is 0. The van der Waals surface area contributed by atoms with Gasteiger partial charge in [-0.15, -0.1) is 0 Å². The minimum Gasteiger partial charge on any atom is -0.378 e. The Balaban J connectivity index is 2.63. The first kappa shape index (κ1) is 10.0. The molecular weight excluding hydrogens is 152 g/mol. The standard InChI is InChI=1S/C10H20O2/c1-4-9(11-2)10(12-3)7-5-6-8-10/h9H,4-8H2,1-3H3. The van der Waals surface area contributed by atoms with Crippen LogP contribution in [0.4, 0.5) is 0 Å². The predicted molar refractivity (Wildman–Crippen MR) is 49.3 cm³/mol. The van der Waals surface area contributed by atoms with Gasteiger partial charge in [0.15, 0.2) is 0 Å². The molecule has 0 aromatic rings. The van der Waals surface area contributed by atoms with Gasteiger partial charge in [-0.05, 0) is 19.3 Å². The molecule has 2 heteroatoms. The van der Waals surface area contributed by atoms with Gasteiger partial charge in [0.1, 0.15) is 0 Å². The highest BCUT2D eigenvalue weighted by molar-refractivity contribution is 4.92. The summed E-state index contributed by atoms with van der Waals surface area (Å²) >= 11 is 0. The molecule has 0 spiro atoms. The van der Waals surface area contributed by atoms with E-state index in [0.717, 1.165) is 19.3 Å². The van der Waals surface area contributed by atoms with Gasteiger partial charge in [-0.3, -0.25) is 0 Å². The molecule has 1 rings (SSSR count). The van der Waals surface area contributed by atoms with Crippen LogP contribution < -0.4 is 0 Å². The molecule has 2 nitrogen and oxygen atoms in total. The SMILES string of the molecule is CCC(OC)C1(OC)CCCC1. The second kappa shape index (κ2) is 4.24. The molecule has 1 saturated carbocycles. The van der Waals surface area contributed by atoms with E-state index in [0.29, 0.717) is 0 Å². The molecule has 0 bridgehead atoms. The van der Waals surface area contributed by atoms with Crippen LogP contribution >= 0.6 is 0 Å². The van der Waals surface area contributed by atoms with Crippen molar-refractivity contribution in [1.82, 2.24) is 0 Å². The molecule has 12 heavy (non-hydrogen) atoms. The summed E-state index contributed by atoms with van der Waals surface area (Å²) in [6.07, 6.45) is 6.22. The van der Waals surface area contributed by atoms with E-state index in [1.807, 2.05) is 7.11 Å². The van der Waals surface area contributed by atoms with Crippen molar-refractivity contribution in [2.24, 2.45) is 0 Å². The second-order valence-electron chi connectivity index (χ2n) is 3.61. The van der Waals surface area contributed by atoms with E-state index in [4.69, 9.17) is 9.47 Å². The fourth-order valence-corrected chi connectivity index (χ4v) is 2.38. The van der Waals surface area contributed by atoms with Crippen molar-refractivity contribution in [3.05, 3.63) is 0 Å². The molecule has 1 aliphatic rings. The summed E-state index contributed by atoms with van der Waals surface area (Å²) in [5.74, 6) is 0. The molecule has 0 radical (unpaired) electrons. The van der Waals surface area contributed by atoms with E-state index in [1.54, 1.807) is 7.11 Å². The third-order valence-corrected chi connectivity index (χ3v) is 3.10. The molecule has 0 saturated heterocycles. The second-order valence-corrected chi connectivity index (χ2v) is 3.61. The van der Waals surface area contributed by atoms with E-state index in [-0.39, 0.29) is 11.7 Å². The van der Waals surface area contributed by atoms with Gasteiger partial charge in [-0.25, -0.2) is 0 Å². The molecule has 1 fully saturated rings. The molecule has 72 valence electrons. The summed E-state index contributed by atoms with van der Waals surface area (Å²) in [7, 11) is 3.60. The van der Waals surface area contributed by atoms with Gasteiger partial charge in [0.25, 0.3) is 0 Å². The highest BCUT2D eigenvalue weighted by atomic mass is 16.5. The van der Waals surface area contributed by atoms with Gasteiger partial charge in [0.2, 0.25) is 0 Å². The Hall–Kier alpha value is -0.0800. The lowest BCUT2D eigenvalue weighted by molar-refractivity contribution is -0.114. The number of hydrogen-bond acceptors (Lipinski definition) is 2. The largest absolute Gasteiger partial charge is 0.378 e. The maximum atomic E-state index is 5.62. The normalized spacial score (nSPS) is 24.2. The third kappa shape index (κ3) is 1.64.